The highest BCUT2D eigenvalue weighted by atomic mass is 35.5. The number of nitrogens with zero attached hydrogens (tertiary/aromatic N) is 2. The van der Waals surface area contributed by atoms with Crippen molar-refractivity contribution in [3.63, 3.8) is 0 Å². The Morgan fingerprint density at radius 1 is 1.00 bits per heavy atom. The zero-order valence-electron chi connectivity index (χ0n) is 17.5. The first-order chi connectivity index (χ1) is 15.3. The van der Waals surface area contributed by atoms with Gasteiger partial charge in [0.25, 0.3) is 11.5 Å². The van der Waals surface area contributed by atoms with Crippen LogP contribution >= 0.6 is 23.2 Å². The lowest BCUT2D eigenvalue weighted by molar-refractivity contribution is -0.167. The smallest absolute Gasteiger partial charge is 0.383 e. The summed E-state index contributed by atoms with van der Waals surface area (Å²) in [4.78, 5) is 49.8. The van der Waals surface area contributed by atoms with Crippen LogP contribution in [0.5, 0.6) is 0 Å². The van der Waals surface area contributed by atoms with E-state index in [9.17, 15) is 32.3 Å². The van der Waals surface area contributed by atoms with E-state index < -0.39 is 51.2 Å². The molecule has 0 atom stereocenters. The molecule has 0 aliphatic carbocycles. The average Bonchev–Trinajstić information content (AvgIpc) is 2.72. The van der Waals surface area contributed by atoms with Crippen LogP contribution in [0.3, 0.4) is 0 Å². The summed E-state index contributed by atoms with van der Waals surface area (Å²) in [6.45, 7) is 3.69. The second kappa shape index (κ2) is 10.3. The Labute approximate surface area is 195 Å². The molecule has 0 aliphatic rings. The van der Waals surface area contributed by atoms with Gasteiger partial charge in [-0.3, -0.25) is 23.5 Å². The Balaban J connectivity index is 2.62. The molecule has 1 aromatic carbocycles. The highest BCUT2D eigenvalue weighted by Crippen LogP contribution is 2.32. The maximum Gasteiger partial charge on any atom is 0.471 e. The predicted octanol–water partition coefficient (Wildman–Crippen LogP) is 3.47. The molecule has 4 N–H and O–H groups in total. The van der Waals surface area contributed by atoms with Crippen LogP contribution in [0.4, 0.5) is 30.4 Å². The molecule has 0 unspecified atom stereocenters. The lowest BCUT2D eigenvalue weighted by atomic mass is 10.1. The van der Waals surface area contributed by atoms with Gasteiger partial charge in [-0.05, 0) is 25.0 Å². The minimum atomic E-state index is -5.26. The average molecular weight is 510 g/mol. The van der Waals surface area contributed by atoms with Crippen molar-refractivity contribution < 1.29 is 22.8 Å². The number of nitrogens with one attached hydrogen (secondary N) is 2. The van der Waals surface area contributed by atoms with Crippen molar-refractivity contribution in [1.82, 2.24) is 9.13 Å². The number of rotatable bonds is 7. The number of aromatic nitrogens is 2. The normalized spacial score (nSPS) is 11.4. The Kier molecular flexibility index (Phi) is 8.20. The van der Waals surface area contributed by atoms with Gasteiger partial charge in [0.05, 0.1) is 16.3 Å². The fourth-order valence-electron chi connectivity index (χ4n) is 2.94. The van der Waals surface area contributed by atoms with E-state index in [0.717, 1.165) is 21.3 Å². The molecular formula is C19H20Cl2F3N5O4. The molecule has 1 aromatic heterocycles. The van der Waals surface area contributed by atoms with Gasteiger partial charge in [-0.25, -0.2) is 4.79 Å². The number of hydrogen-bond donors (Lipinski definition) is 3. The third kappa shape index (κ3) is 5.69. The summed E-state index contributed by atoms with van der Waals surface area (Å²) in [5.74, 6) is -3.84. The molecular weight excluding hydrogens is 490 g/mol. The van der Waals surface area contributed by atoms with Crippen LogP contribution in [0, 0.1) is 0 Å². The number of nitrogens with two attached hydrogens (primary N) is 1. The summed E-state index contributed by atoms with van der Waals surface area (Å²) in [5.41, 5.74) is 2.72. The van der Waals surface area contributed by atoms with Gasteiger partial charge < -0.3 is 16.4 Å². The topological polar surface area (TPSA) is 128 Å². The van der Waals surface area contributed by atoms with Crippen molar-refractivity contribution in [2.24, 2.45) is 0 Å². The molecule has 0 radical (unpaired) electrons. The summed E-state index contributed by atoms with van der Waals surface area (Å²) in [5, 5.41) is 3.18. The molecule has 1 heterocycles. The van der Waals surface area contributed by atoms with Crippen LogP contribution in [0.2, 0.25) is 10.0 Å². The quantitative estimate of drug-likeness (QED) is 0.526. The standard InChI is InChI=1S/C19H20Cl2F3N5O4/c1-3-5-28-14(25)13(16(31)29(6-4-2)18(28)33)26-15(30)10-7-9(20)8-11(21)12(10)27-17(32)19(22,23)24/h7-8H,3-6,25H2,1-2H3,(H,26,30)(H,27,32). The zero-order chi connectivity index (χ0) is 25.1. The summed E-state index contributed by atoms with van der Waals surface area (Å²) in [7, 11) is 0. The fraction of sp³-hybridized carbons (Fsp3) is 0.368. The minimum Gasteiger partial charge on any atom is -0.383 e. The molecule has 33 heavy (non-hydrogen) atoms. The maximum absolute atomic E-state index is 12.9. The van der Waals surface area contributed by atoms with E-state index in [-0.39, 0.29) is 23.9 Å². The molecule has 0 saturated carbocycles. The first-order valence-corrected chi connectivity index (χ1v) is 10.4. The number of benzene rings is 1. The van der Waals surface area contributed by atoms with E-state index in [4.69, 9.17) is 28.9 Å². The van der Waals surface area contributed by atoms with Gasteiger partial charge >= 0.3 is 17.8 Å². The van der Waals surface area contributed by atoms with Crippen molar-refractivity contribution >= 4 is 52.2 Å². The fourth-order valence-corrected chi connectivity index (χ4v) is 3.48. The van der Waals surface area contributed by atoms with E-state index >= 15 is 0 Å². The number of nitrogen functional groups attached to an aromatic ring is 1. The molecule has 2 amide bonds. The summed E-state index contributed by atoms with van der Waals surface area (Å²) in [6, 6.07) is 1.98. The third-order valence-corrected chi connectivity index (χ3v) is 4.91. The van der Waals surface area contributed by atoms with Gasteiger partial charge in [0.15, 0.2) is 0 Å². The van der Waals surface area contributed by atoms with Gasteiger partial charge in [0.1, 0.15) is 11.5 Å². The Morgan fingerprint density at radius 2 is 1.58 bits per heavy atom. The molecule has 0 fully saturated rings. The van der Waals surface area contributed by atoms with Crippen LogP contribution in [-0.2, 0) is 17.9 Å². The van der Waals surface area contributed by atoms with Crippen LogP contribution < -0.4 is 27.6 Å². The van der Waals surface area contributed by atoms with Crippen LogP contribution in [0.1, 0.15) is 37.0 Å². The molecule has 9 nitrogen and oxygen atoms in total. The molecule has 0 spiro atoms. The molecule has 14 heteroatoms. The maximum atomic E-state index is 12.9. The van der Waals surface area contributed by atoms with E-state index in [1.807, 2.05) is 0 Å². The van der Waals surface area contributed by atoms with Crippen molar-refractivity contribution in [3.8, 4) is 0 Å². The van der Waals surface area contributed by atoms with Crippen molar-refractivity contribution in [2.75, 3.05) is 16.4 Å². The van der Waals surface area contributed by atoms with E-state index in [2.05, 4.69) is 5.32 Å². The summed E-state index contributed by atoms with van der Waals surface area (Å²) >= 11 is 11.8. The monoisotopic (exact) mass is 509 g/mol. The number of amides is 2. The number of carbonyl (C=O) groups excluding carboxylic acids is 2. The van der Waals surface area contributed by atoms with Crippen LogP contribution in [0.15, 0.2) is 21.7 Å². The number of anilines is 3. The Morgan fingerprint density at radius 3 is 2.12 bits per heavy atom. The van der Waals surface area contributed by atoms with Crippen LogP contribution in [-0.4, -0.2) is 27.1 Å². The number of carbonyl (C=O) groups is 2. The molecule has 0 aliphatic heterocycles. The molecule has 2 rings (SSSR count). The van der Waals surface area contributed by atoms with E-state index in [1.165, 1.54) is 5.32 Å². The molecule has 180 valence electrons. The Bertz CT molecular complexity index is 1210. The lowest BCUT2D eigenvalue weighted by Gasteiger charge is -2.18. The van der Waals surface area contributed by atoms with Gasteiger partial charge in [0.2, 0.25) is 0 Å². The Hall–Kier alpha value is -2.99. The summed E-state index contributed by atoms with van der Waals surface area (Å²) < 4.78 is 40.2. The molecule has 0 bridgehead atoms. The lowest BCUT2D eigenvalue weighted by Crippen LogP contribution is -2.43. The van der Waals surface area contributed by atoms with Crippen LogP contribution in [0.25, 0.3) is 0 Å². The number of alkyl halides is 3. The number of halogens is 5. The van der Waals surface area contributed by atoms with Gasteiger partial charge in [0, 0.05) is 18.1 Å². The first-order valence-electron chi connectivity index (χ1n) is 9.65. The van der Waals surface area contributed by atoms with E-state index in [0.29, 0.717) is 12.8 Å². The zero-order valence-corrected chi connectivity index (χ0v) is 19.0. The minimum absolute atomic E-state index is 0.0421. The first kappa shape index (κ1) is 26.3. The number of hydrogen-bond acceptors (Lipinski definition) is 5. The highest BCUT2D eigenvalue weighted by Gasteiger charge is 2.39. The van der Waals surface area contributed by atoms with Crippen molar-refractivity contribution in [3.05, 3.63) is 48.6 Å². The SMILES string of the molecule is CCCn1c(N)c(NC(=O)c2cc(Cl)cc(Cl)c2NC(=O)C(F)(F)F)c(=O)n(CCC)c1=O. The van der Waals surface area contributed by atoms with Gasteiger partial charge in [-0.15, -0.1) is 0 Å². The second-order valence-corrected chi connectivity index (χ2v) is 7.71. The second-order valence-electron chi connectivity index (χ2n) is 6.87. The van der Waals surface area contributed by atoms with Gasteiger partial charge in [-0.1, -0.05) is 37.0 Å². The summed E-state index contributed by atoms with van der Waals surface area (Å²) in [6.07, 6.45) is -4.35. The third-order valence-electron chi connectivity index (χ3n) is 4.40. The van der Waals surface area contributed by atoms with Crippen molar-refractivity contribution in [2.45, 2.75) is 46.0 Å². The predicted molar refractivity (Wildman–Crippen MR) is 119 cm³/mol. The largest absolute Gasteiger partial charge is 0.471 e. The van der Waals surface area contributed by atoms with Crippen molar-refractivity contribution in [1.29, 1.82) is 0 Å². The highest BCUT2D eigenvalue weighted by molar-refractivity contribution is 6.38. The van der Waals surface area contributed by atoms with Gasteiger partial charge in [-0.2, -0.15) is 13.2 Å². The van der Waals surface area contributed by atoms with E-state index in [1.54, 1.807) is 13.8 Å². The molecule has 2 aromatic rings. The molecule has 0 saturated heterocycles.